The van der Waals surface area contributed by atoms with Gasteiger partial charge in [0.15, 0.2) is 0 Å². The lowest BCUT2D eigenvalue weighted by atomic mass is 10.1. The van der Waals surface area contributed by atoms with Crippen LogP contribution in [0.4, 0.5) is 4.79 Å². The van der Waals surface area contributed by atoms with Crippen molar-refractivity contribution in [3.05, 3.63) is 65.3 Å². The summed E-state index contributed by atoms with van der Waals surface area (Å²) in [7, 11) is 0. The Morgan fingerprint density at radius 1 is 1.20 bits per heavy atom. The minimum absolute atomic E-state index is 0.0754. The van der Waals surface area contributed by atoms with Crippen LogP contribution in [0.5, 0.6) is 0 Å². The zero-order valence-corrected chi connectivity index (χ0v) is 13.7. The number of carbonyl (C=O) groups excluding carboxylic acids is 3. The molecule has 6 nitrogen and oxygen atoms in total. The van der Waals surface area contributed by atoms with E-state index in [1.54, 1.807) is 24.3 Å². The molecule has 0 saturated carbocycles. The van der Waals surface area contributed by atoms with E-state index in [4.69, 9.17) is 4.42 Å². The van der Waals surface area contributed by atoms with Crippen molar-refractivity contribution in [1.82, 2.24) is 4.90 Å². The molecule has 1 aromatic heterocycles. The summed E-state index contributed by atoms with van der Waals surface area (Å²) in [6, 6.07) is 9.43. The molecule has 25 heavy (non-hydrogen) atoms. The number of amides is 2. The van der Waals surface area contributed by atoms with Crippen LogP contribution in [0.3, 0.4) is 0 Å². The SMILES string of the molecule is C=CCN1C(=O)S/C(=C/c2ccc(-c3ccc(C(=O)[O-])cc3)o2)C1=O. The Hall–Kier alpha value is -3.06. The average Bonchev–Trinajstić information content (AvgIpc) is 3.16. The van der Waals surface area contributed by atoms with Gasteiger partial charge in [0.1, 0.15) is 11.5 Å². The van der Waals surface area contributed by atoms with Crippen molar-refractivity contribution in [3.63, 3.8) is 0 Å². The van der Waals surface area contributed by atoms with E-state index < -0.39 is 5.97 Å². The molecule has 0 unspecified atom stereocenters. The summed E-state index contributed by atoms with van der Waals surface area (Å²) >= 11 is 0.845. The Kier molecular flexibility index (Phi) is 4.58. The van der Waals surface area contributed by atoms with E-state index in [-0.39, 0.29) is 28.2 Å². The molecule has 7 heteroatoms. The zero-order chi connectivity index (χ0) is 18.0. The molecule has 3 rings (SSSR count). The van der Waals surface area contributed by atoms with Crippen molar-refractivity contribution in [2.45, 2.75) is 0 Å². The number of aromatic carboxylic acids is 1. The molecule has 0 atom stereocenters. The molecular weight excluding hydrogens is 342 g/mol. The Balaban J connectivity index is 1.82. The van der Waals surface area contributed by atoms with E-state index in [1.165, 1.54) is 24.3 Å². The van der Waals surface area contributed by atoms with Crippen molar-refractivity contribution < 1.29 is 23.9 Å². The fraction of sp³-hybridized carbons (Fsp3) is 0.0556. The third-order valence-electron chi connectivity index (χ3n) is 3.49. The molecule has 2 amide bonds. The van der Waals surface area contributed by atoms with Gasteiger partial charge in [-0.1, -0.05) is 30.3 Å². The molecule has 126 valence electrons. The molecule has 1 aromatic carbocycles. The van der Waals surface area contributed by atoms with E-state index in [9.17, 15) is 19.5 Å². The van der Waals surface area contributed by atoms with Crippen molar-refractivity contribution in [3.8, 4) is 11.3 Å². The highest BCUT2D eigenvalue weighted by Crippen LogP contribution is 2.33. The number of thioether (sulfide) groups is 1. The summed E-state index contributed by atoms with van der Waals surface area (Å²) < 4.78 is 5.66. The molecule has 1 fully saturated rings. The van der Waals surface area contributed by atoms with E-state index in [2.05, 4.69) is 6.58 Å². The Labute approximate surface area is 147 Å². The van der Waals surface area contributed by atoms with Gasteiger partial charge >= 0.3 is 0 Å². The van der Waals surface area contributed by atoms with Crippen LogP contribution < -0.4 is 5.11 Å². The number of carbonyl (C=O) groups is 3. The fourth-order valence-electron chi connectivity index (χ4n) is 2.27. The normalized spacial score (nSPS) is 15.8. The highest BCUT2D eigenvalue weighted by Gasteiger charge is 2.34. The molecule has 2 heterocycles. The molecule has 0 aliphatic carbocycles. The van der Waals surface area contributed by atoms with E-state index in [1.807, 2.05) is 0 Å². The van der Waals surface area contributed by atoms with Crippen LogP contribution in [0, 0.1) is 0 Å². The zero-order valence-electron chi connectivity index (χ0n) is 12.9. The van der Waals surface area contributed by atoms with Crippen LogP contribution in [0.25, 0.3) is 17.4 Å². The number of benzene rings is 1. The molecule has 0 N–H and O–H groups in total. The van der Waals surface area contributed by atoms with Crippen LogP contribution in [0.15, 0.2) is 58.4 Å². The predicted molar refractivity (Wildman–Crippen MR) is 91.3 cm³/mol. The average molecular weight is 354 g/mol. The Bertz CT molecular complexity index is 894. The third kappa shape index (κ3) is 3.41. The Morgan fingerprint density at radius 3 is 2.56 bits per heavy atom. The highest BCUT2D eigenvalue weighted by molar-refractivity contribution is 8.18. The lowest BCUT2D eigenvalue weighted by Crippen LogP contribution is -2.27. The van der Waals surface area contributed by atoms with E-state index >= 15 is 0 Å². The van der Waals surface area contributed by atoms with Gasteiger partial charge in [0.25, 0.3) is 11.1 Å². The number of carboxylic acids is 1. The topological polar surface area (TPSA) is 90.7 Å². The quantitative estimate of drug-likeness (QED) is 0.605. The van der Waals surface area contributed by atoms with E-state index in [0.29, 0.717) is 17.1 Å². The summed E-state index contributed by atoms with van der Waals surface area (Å²) in [4.78, 5) is 36.1. The van der Waals surface area contributed by atoms with E-state index in [0.717, 1.165) is 16.7 Å². The molecule has 2 aromatic rings. The summed E-state index contributed by atoms with van der Waals surface area (Å²) in [5, 5.41) is 10.4. The molecule has 0 spiro atoms. The first-order valence-corrected chi connectivity index (χ1v) is 8.09. The fourth-order valence-corrected chi connectivity index (χ4v) is 3.10. The van der Waals surface area contributed by atoms with Gasteiger partial charge < -0.3 is 14.3 Å². The lowest BCUT2D eigenvalue weighted by Gasteiger charge is -2.07. The lowest BCUT2D eigenvalue weighted by molar-refractivity contribution is -0.255. The second-order valence-electron chi connectivity index (χ2n) is 5.15. The van der Waals surface area contributed by atoms with Crippen molar-refractivity contribution in [2.75, 3.05) is 6.54 Å². The van der Waals surface area contributed by atoms with Gasteiger partial charge in [-0.05, 0) is 29.5 Å². The standard InChI is InChI=1S/C18H13NO5S/c1-2-9-19-16(20)15(25-18(19)23)10-13-7-8-14(24-13)11-3-5-12(6-4-11)17(21)22/h2-8,10H,1,9H2,(H,21,22)/p-1/b15-10+. The number of furan rings is 1. The Morgan fingerprint density at radius 2 is 1.92 bits per heavy atom. The molecule has 0 radical (unpaired) electrons. The minimum Gasteiger partial charge on any atom is -0.545 e. The summed E-state index contributed by atoms with van der Waals surface area (Å²) in [5.74, 6) is -0.697. The van der Waals surface area contributed by atoms with Crippen LogP contribution in [0.2, 0.25) is 0 Å². The van der Waals surface area contributed by atoms with Gasteiger partial charge in [0, 0.05) is 18.2 Å². The molecular formula is C18H12NO5S-. The molecule has 1 aliphatic rings. The molecule has 0 bridgehead atoms. The maximum Gasteiger partial charge on any atom is 0.293 e. The maximum atomic E-state index is 12.2. The van der Waals surface area contributed by atoms with Gasteiger partial charge in [-0.15, -0.1) is 6.58 Å². The predicted octanol–water partition coefficient (Wildman–Crippen LogP) is 2.53. The van der Waals surface area contributed by atoms with Crippen LogP contribution in [-0.4, -0.2) is 28.6 Å². The van der Waals surface area contributed by atoms with Crippen molar-refractivity contribution in [1.29, 1.82) is 0 Å². The number of imide groups is 1. The minimum atomic E-state index is -1.25. The smallest absolute Gasteiger partial charge is 0.293 e. The first-order valence-electron chi connectivity index (χ1n) is 7.27. The van der Waals surface area contributed by atoms with Crippen LogP contribution in [0.1, 0.15) is 16.1 Å². The van der Waals surface area contributed by atoms with Crippen molar-refractivity contribution >= 4 is 35.0 Å². The van der Waals surface area contributed by atoms with Gasteiger partial charge in [-0.25, -0.2) is 0 Å². The van der Waals surface area contributed by atoms with Crippen molar-refractivity contribution in [2.24, 2.45) is 0 Å². The second-order valence-corrected chi connectivity index (χ2v) is 6.14. The first kappa shape index (κ1) is 16.8. The largest absolute Gasteiger partial charge is 0.545 e. The number of hydrogen-bond donors (Lipinski definition) is 0. The van der Waals surface area contributed by atoms with Gasteiger partial charge in [-0.2, -0.15) is 0 Å². The summed E-state index contributed by atoms with van der Waals surface area (Å²) in [6.45, 7) is 3.68. The highest BCUT2D eigenvalue weighted by atomic mass is 32.2. The first-order chi connectivity index (χ1) is 12.0. The molecule has 1 saturated heterocycles. The van der Waals surface area contributed by atoms with Crippen LogP contribution in [-0.2, 0) is 4.79 Å². The summed E-state index contributed by atoms with van der Waals surface area (Å²) in [5.41, 5.74) is 0.760. The second kappa shape index (κ2) is 6.82. The maximum absolute atomic E-state index is 12.2. The van der Waals surface area contributed by atoms with Gasteiger partial charge in [0.05, 0.1) is 10.9 Å². The van der Waals surface area contributed by atoms with Gasteiger partial charge in [-0.3, -0.25) is 14.5 Å². The number of carboxylic acid groups (broad SMARTS) is 1. The number of hydrogen-bond acceptors (Lipinski definition) is 6. The third-order valence-corrected chi connectivity index (χ3v) is 4.40. The molecule has 1 aliphatic heterocycles. The monoisotopic (exact) mass is 354 g/mol. The summed E-state index contributed by atoms with van der Waals surface area (Å²) in [6.07, 6.45) is 2.99. The number of nitrogens with zero attached hydrogens (tertiary/aromatic N) is 1. The van der Waals surface area contributed by atoms with Crippen LogP contribution >= 0.6 is 11.8 Å². The number of rotatable bonds is 5. The van der Waals surface area contributed by atoms with Gasteiger partial charge in [0.2, 0.25) is 0 Å².